The normalized spacial score (nSPS) is 12.3. The number of aromatic nitrogens is 1. The number of ether oxygens (including phenoxy) is 2. The second-order valence-electron chi connectivity index (χ2n) is 6.55. The number of amides is 1. The van der Waals surface area contributed by atoms with Crippen LogP contribution in [0.3, 0.4) is 0 Å². The van der Waals surface area contributed by atoms with Crippen molar-refractivity contribution in [1.82, 2.24) is 4.98 Å². The number of fused-ring (bicyclic) bond motifs is 1. The van der Waals surface area contributed by atoms with Crippen LogP contribution in [0.2, 0.25) is 0 Å². The maximum Gasteiger partial charge on any atom is 0.257 e. The molecule has 1 aliphatic heterocycles. The quantitative estimate of drug-likeness (QED) is 0.705. The fraction of sp³-hybridized carbons (Fsp3) is 0.182. The molecule has 28 heavy (non-hydrogen) atoms. The first-order chi connectivity index (χ1) is 13.7. The summed E-state index contributed by atoms with van der Waals surface area (Å²) in [5.74, 6) is 1.09. The number of hydrogen-bond donors (Lipinski definition) is 2. The van der Waals surface area contributed by atoms with E-state index in [1.165, 1.54) is 11.1 Å². The van der Waals surface area contributed by atoms with Gasteiger partial charge in [-0.15, -0.1) is 0 Å². The summed E-state index contributed by atoms with van der Waals surface area (Å²) < 4.78 is 11.1. The lowest BCUT2D eigenvalue weighted by molar-refractivity contribution is 0.102. The first-order valence-electron chi connectivity index (χ1n) is 9.13. The maximum atomic E-state index is 12.6. The number of hydrogen-bond acceptors (Lipinski definition) is 5. The number of anilines is 2. The number of benzene rings is 2. The number of carbonyl (C=O) groups excluding carboxylic acids is 1. The van der Waals surface area contributed by atoms with Crippen LogP contribution in [0, 0.1) is 6.92 Å². The van der Waals surface area contributed by atoms with E-state index in [-0.39, 0.29) is 5.91 Å². The highest BCUT2D eigenvalue weighted by molar-refractivity contribution is 6.04. The number of rotatable bonds is 5. The van der Waals surface area contributed by atoms with E-state index in [1.54, 1.807) is 36.7 Å². The predicted octanol–water partition coefficient (Wildman–Crippen LogP) is 4.03. The zero-order valence-electron chi connectivity index (χ0n) is 15.6. The second-order valence-corrected chi connectivity index (χ2v) is 6.55. The molecule has 0 saturated carbocycles. The van der Waals surface area contributed by atoms with Gasteiger partial charge in [0.1, 0.15) is 13.2 Å². The van der Waals surface area contributed by atoms with Gasteiger partial charge in [0, 0.05) is 30.7 Å². The monoisotopic (exact) mass is 375 g/mol. The molecule has 3 aromatic rings. The van der Waals surface area contributed by atoms with Gasteiger partial charge in [-0.1, -0.05) is 24.3 Å². The molecule has 0 spiro atoms. The van der Waals surface area contributed by atoms with Crippen molar-refractivity contribution >= 4 is 17.3 Å². The average molecular weight is 375 g/mol. The topological polar surface area (TPSA) is 72.5 Å². The van der Waals surface area contributed by atoms with Gasteiger partial charge in [-0.25, -0.2) is 0 Å². The molecule has 2 heterocycles. The molecule has 4 rings (SSSR count). The van der Waals surface area contributed by atoms with Crippen LogP contribution < -0.4 is 20.1 Å². The van der Waals surface area contributed by atoms with Gasteiger partial charge in [0.25, 0.3) is 5.91 Å². The number of aryl methyl sites for hydroxylation is 1. The highest BCUT2D eigenvalue weighted by atomic mass is 16.6. The van der Waals surface area contributed by atoms with Crippen molar-refractivity contribution in [3.05, 3.63) is 77.6 Å². The SMILES string of the molecule is Cc1ccccc1CNc1cncc(C(=O)Nc2ccc3c(c2)OCCO3)c1. The number of carbonyl (C=O) groups is 1. The Labute approximate surface area is 163 Å². The Bertz CT molecular complexity index is 1000. The highest BCUT2D eigenvalue weighted by Gasteiger charge is 2.14. The van der Waals surface area contributed by atoms with E-state index >= 15 is 0 Å². The summed E-state index contributed by atoms with van der Waals surface area (Å²) >= 11 is 0. The van der Waals surface area contributed by atoms with Crippen LogP contribution in [0.1, 0.15) is 21.5 Å². The minimum atomic E-state index is -0.233. The van der Waals surface area contributed by atoms with Gasteiger partial charge in [-0.2, -0.15) is 0 Å². The van der Waals surface area contributed by atoms with Crippen molar-refractivity contribution in [2.75, 3.05) is 23.8 Å². The minimum absolute atomic E-state index is 0.233. The molecule has 1 aromatic heterocycles. The summed E-state index contributed by atoms with van der Waals surface area (Å²) in [7, 11) is 0. The van der Waals surface area contributed by atoms with E-state index in [4.69, 9.17) is 9.47 Å². The van der Waals surface area contributed by atoms with E-state index in [0.717, 1.165) is 5.69 Å². The highest BCUT2D eigenvalue weighted by Crippen LogP contribution is 2.32. The van der Waals surface area contributed by atoms with Gasteiger partial charge >= 0.3 is 0 Å². The summed E-state index contributed by atoms with van der Waals surface area (Å²) in [4.78, 5) is 16.8. The molecule has 0 atom stereocenters. The molecule has 0 aliphatic carbocycles. The lowest BCUT2D eigenvalue weighted by Gasteiger charge is -2.19. The van der Waals surface area contributed by atoms with Crippen LogP contribution in [-0.4, -0.2) is 24.1 Å². The smallest absolute Gasteiger partial charge is 0.257 e. The van der Waals surface area contributed by atoms with E-state index in [1.807, 2.05) is 12.1 Å². The fourth-order valence-corrected chi connectivity index (χ4v) is 2.99. The molecule has 1 aliphatic rings. The third kappa shape index (κ3) is 4.06. The third-order valence-electron chi connectivity index (χ3n) is 4.54. The molecule has 142 valence electrons. The lowest BCUT2D eigenvalue weighted by Crippen LogP contribution is -2.16. The zero-order chi connectivity index (χ0) is 19.3. The van der Waals surface area contributed by atoms with Crippen molar-refractivity contribution in [3.63, 3.8) is 0 Å². The van der Waals surface area contributed by atoms with Gasteiger partial charge in [0.05, 0.1) is 11.3 Å². The average Bonchev–Trinajstić information content (AvgIpc) is 2.73. The molecular formula is C22H21N3O3. The maximum absolute atomic E-state index is 12.6. The van der Waals surface area contributed by atoms with Crippen molar-refractivity contribution in [2.45, 2.75) is 13.5 Å². The van der Waals surface area contributed by atoms with Crippen LogP contribution in [0.15, 0.2) is 60.9 Å². The second kappa shape index (κ2) is 8.00. The first kappa shape index (κ1) is 17.9. The largest absolute Gasteiger partial charge is 0.486 e. The van der Waals surface area contributed by atoms with Crippen LogP contribution in [0.5, 0.6) is 11.5 Å². The summed E-state index contributed by atoms with van der Waals surface area (Å²) in [6.45, 7) is 3.78. The zero-order valence-corrected chi connectivity index (χ0v) is 15.6. The Morgan fingerprint density at radius 2 is 1.82 bits per heavy atom. The Hall–Kier alpha value is -3.54. The van der Waals surface area contributed by atoms with E-state index in [2.05, 4.69) is 34.7 Å². The van der Waals surface area contributed by atoms with E-state index in [9.17, 15) is 4.79 Å². The molecular weight excluding hydrogens is 354 g/mol. The molecule has 1 amide bonds. The minimum Gasteiger partial charge on any atom is -0.486 e. The Morgan fingerprint density at radius 3 is 2.68 bits per heavy atom. The third-order valence-corrected chi connectivity index (χ3v) is 4.54. The van der Waals surface area contributed by atoms with Gasteiger partial charge in [-0.05, 0) is 36.2 Å². The molecule has 0 radical (unpaired) electrons. The van der Waals surface area contributed by atoms with Crippen LogP contribution in [0.25, 0.3) is 0 Å². The predicted molar refractivity (Wildman–Crippen MR) is 108 cm³/mol. The molecule has 2 aromatic carbocycles. The first-order valence-corrected chi connectivity index (χ1v) is 9.13. The summed E-state index contributed by atoms with van der Waals surface area (Å²) in [5.41, 5.74) is 4.33. The lowest BCUT2D eigenvalue weighted by atomic mass is 10.1. The molecule has 6 heteroatoms. The van der Waals surface area contributed by atoms with Gasteiger partial charge in [-0.3, -0.25) is 9.78 Å². The summed E-state index contributed by atoms with van der Waals surface area (Å²) in [5, 5.41) is 6.20. The molecule has 6 nitrogen and oxygen atoms in total. The number of nitrogens with zero attached hydrogens (tertiary/aromatic N) is 1. The van der Waals surface area contributed by atoms with Gasteiger partial charge in [0.2, 0.25) is 0 Å². The van der Waals surface area contributed by atoms with E-state index in [0.29, 0.717) is 42.5 Å². The summed E-state index contributed by atoms with van der Waals surface area (Å²) in [6, 6.07) is 15.3. The molecule has 0 unspecified atom stereocenters. The van der Waals surface area contributed by atoms with Crippen LogP contribution in [-0.2, 0) is 6.54 Å². The van der Waals surface area contributed by atoms with E-state index < -0.39 is 0 Å². The van der Waals surface area contributed by atoms with Crippen molar-refractivity contribution in [2.24, 2.45) is 0 Å². The number of nitrogens with one attached hydrogen (secondary N) is 2. The summed E-state index contributed by atoms with van der Waals surface area (Å²) in [6.07, 6.45) is 3.26. The molecule has 0 fully saturated rings. The molecule has 2 N–H and O–H groups in total. The van der Waals surface area contributed by atoms with Gasteiger partial charge in [0.15, 0.2) is 11.5 Å². The Morgan fingerprint density at radius 1 is 1.00 bits per heavy atom. The molecule has 0 bridgehead atoms. The Balaban J connectivity index is 1.43. The van der Waals surface area contributed by atoms with Crippen LogP contribution in [0.4, 0.5) is 11.4 Å². The molecule has 0 saturated heterocycles. The van der Waals surface area contributed by atoms with Crippen molar-refractivity contribution in [1.29, 1.82) is 0 Å². The van der Waals surface area contributed by atoms with Crippen molar-refractivity contribution in [3.8, 4) is 11.5 Å². The fourth-order valence-electron chi connectivity index (χ4n) is 2.99. The number of pyridine rings is 1. The van der Waals surface area contributed by atoms with Crippen LogP contribution >= 0.6 is 0 Å². The Kier molecular flexibility index (Phi) is 5.10. The van der Waals surface area contributed by atoms with Gasteiger partial charge < -0.3 is 20.1 Å². The van der Waals surface area contributed by atoms with Crippen molar-refractivity contribution < 1.29 is 14.3 Å². The standard InChI is InChI=1S/C22H21N3O3/c1-15-4-2-3-5-16(15)13-24-19-10-17(12-23-14-19)22(26)25-18-6-7-20-21(11-18)28-9-8-27-20/h2-7,10-12,14,24H,8-9,13H2,1H3,(H,25,26).